The van der Waals surface area contributed by atoms with Crippen LogP contribution >= 0.6 is 0 Å². The summed E-state index contributed by atoms with van der Waals surface area (Å²) in [6.45, 7) is 19.3. The first kappa shape index (κ1) is 31.4. The minimum Gasteiger partial charge on any atom is -0.377 e. The summed E-state index contributed by atoms with van der Waals surface area (Å²) in [6.07, 6.45) is 7.55. The van der Waals surface area contributed by atoms with Crippen molar-refractivity contribution in [1.82, 2.24) is 9.90 Å². The number of hydrogen-bond donors (Lipinski definition) is 0. The highest BCUT2D eigenvalue weighted by molar-refractivity contribution is 5.31. The zero-order valence-corrected chi connectivity index (χ0v) is 29.4. The van der Waals surface area contributed by atoms with Gasteiger partial charge in [-0.15, -0.1) is 9.36 Å². The quantitative estimate of drug-likeness (QED) is 0.308. The lowest BCUT2D eigenvalue weighted by Crippen LogP contribution is -2.68. The van der Waals surface area contributed by atoms with Gasteiger partial charge in [-0.3, -0.25) is 0 Å². The molecular weight excluding hydrogens is 583 g/mol. The monoisotopic (exact) mass is 638 g/mol. The van der Waals surface area contributed by atoms with E-state index in [1.54, 1.807) is 12.1 Å². The molecule has 252 valence electrons. The molecule has 6 aliphatic rings. The van der Waals surface area contributed by atoms with Crippen molar-refractivity contribution in [2.45, 2.75) is 130 Å². The first-order valence-electron chi connectivity index (χ1n) is 18.1. The van der Waals surface area contributed by atoms with Gasteiger partial charge in [0.05, 0.1) is 23.5 Å². The average Bonchev–Trinajstić information content (AvgIpc) is 3.46. The zero-order chi connectivity index (χ0) is 32.9. The third kappa shape index (κ3) is 3.90. The van der Waals surface area contributed by atoms with E-state index in [4.69, 9.17) is 9.95 Å². The number of fused-ring (bicyclic) bond motifs is 6. The molecule has 1 aliphatic heterocycles. The van der Waals surface area contributed by atoms with Crippen molar-refractivity contribution >= 4 is 0 Å². The maximum absolute atomic E-state index is 13.2. The molecule has 0 spiro atoms. The van der Waals surface area contributed by atoms with Crippen molar-refractivity contribution in [2.75, 3.05) is 6.61 Å². The summed E-state index contributed by atoms with van der Waals surface area (Å²) in [5.41, 5.74) is 4.18. The second kappa shape index (κ2) is 9.41. The molecule has 0 amide bonds. The number of rotatable bonds is 2. The van der Waals surface area contributed by atoms with Gasteiger partial charge in [0.25, 0.3) is 0 Å². The number of aromatic nitrogens is 3. The number of halogens is 3. The number of nitrogens with zero attached hydrogens (tertiary/aromatic N) is 3. The Morgan fingerprint density at radius 3 is 2.26 bits per heavy atom. The van der Waals surface area contributed by atoms with E-state index in [1.165, 1.54) is 74.9 Å². The Bertz CT molecular complexity index is 1560. The molecule has 0 radical (unpaired) electrons. The highest BCUT2D eigenvalue weighted by atomic mass is 19.4. The topological polar surface area (TPSA) is 30.9 Å². The van der Waals surface area contributed by atoms with Crippen LogP contribution in [0.25, 0.3) is 0 Å². The van der Waals surface area contributed by atoms with Crippen LogP contribution in [-0.4, -0.2) is 22.6 Å². The average molecular weight is 639 g/mol. The number of aryl methyl sites for hydroxylation is 1. The fourth-order valence-electron chi connectivity index (χ4n) is 13.8. The Labute approximate surface area is 273 Å². The van der Waals surface area contributed by atoms with E-state index >= 15 is 0 Å². The molecule has 0 N–H and O–H groups in total. The number of hydrogen-bond acceptors (Lipinski definition) is 2. The minimum atomic E-state index is -4.33. The summed E-state index contributed by atoms with van der Waals surface area (Å²) >= 11 is 0. The smallest absolute Gasteiger partial charge is 0.377 e. The molecule has 8 rings (SSSR count). The number of alkyl halides is 3. The highest BCUT2D eigenvalue weighted by Crippen LogP contribution is 2.77. The lowest BCUT2D eigenvalue weighted by Gasteiger charge is -2.72. The number of ether oxygens (including phenoxy) is 1. The molecular formula is C39H55F3N3O+. The molecule has 4 nitrogen and oxygen atoms in total. The van der Waals surface area contributed by atoms with Crippen molar-refractivity contribution in [3.63, 3.8) is 0 Å². The van der Waals surface area contributed by atoms with Crippen molar-refractivity contribution < 1.29 is 22.6 Å². The van der Waals surface area contributed by atoms with Gasteiger partial charge in [-0.05, 0) is 120 Å². The molecule has 46 heavy (non-hydrogen) atoms. The molecule has 1 saturated heterocycles. The molecule has 2 aromatic rings. The fraction of sp³-hybridized carbons (Fsp3) is 0.795. The predicted molar refractivity (Wildman–Crippen MR) is 172 cm³/mol. The van der Waals surface area contributed by atoms with E-state index in [-0.39, 0.29) is 21.7 Å². The summed E-state index contributed by atoms with van der Waals surface area (Å²) in [5.74, 6) is 2.62. The Hall–Kier alpha value is -1.89. The van der Waals surface area contributed by atoms with Crippen LogP contribution < -0.4 is 4.68 Å². The lowest BCUT2D eigenvalue weighted by atomic mass is 9.31. The largest absolute Gasteiger partial charge is 0.416 e. The van der Waals surface area contributed by atoms with Gasteiger partial charge in [0.2, 0.25) is 0 Å². The van der Waals surface area contributed by atoms with Crippen LogP contribution in [0.1, 0.15) is 122 Å². The summed E-state index contributed by atoms with van der Waals surface area (Å²) < 4.78 is 50.7. The van der Waals surface area contributed by atoms with E-state index in [0.29, 0.717) is 41.2 Å². The van der Waals surface area contributed by atoms with E-state index in [2.05, 4.69) is 64.9 Å². The molecule has 5 aliphatic carbocycles. The summed E-state index contributed by atoms with van der Waals surface area (Å²) in [4.78, 5) is 0. The van der Waals surface area contributed by atoms with Crippen LogP contribution in [-0.2, 0) is 36.3 Å². The van der Waals surface area contributed by atoms with Crippen LogP contribution in [0.5, 0.6) is 0 Å². The van der Waals surface area contributed by atoms with Gasteiger partial charge in [0, 0.05) is 11.8 Å². The Morgan fingerprint density at radius 2 is 1.57 bits per heavy atom. The van der Waals surface area contributed by atoms with Gasteiger partial charge in [-0.1, -0.05) is 60.6 Å². The first-order valence-corrected chi connectivity index (χ1v) is 18.1. The van der Waals surface area contributed by atoms with Crippen LogP contribution in [0.3, 0.4) is 0 Å². The van der Waals surface area contributed by atoms with Crippen molar-refractivity contribution in [3.05, 3.63) is 46.8 Å². The standard InChI is InChI=1S/C39H55F3N3O/c1-33(2)17-19-38-20-18-36(6)26(30(38)32(33)46-23-38)13-14-29-35(5)21-27-31(34(3,4)28(35)15-16-37(29,36)7)45(43-44(27)8)22-24-9-11-25(12-10-24)39(40,41)42/h9-12,26,28-30,32H,13-23H2,1-8H3/q+1/t26-,28+,29-,30+,32-,35+,36-,37-,38-/m1/s1. The molecule has 1 aromatic heterocycles. The van der Waals surface area contributed by atoms with Gasteiger partial charge in [-0.2, -0.15) is 13.2 Å². The van der Waals surface area contributed by atoms with E-state index < -0.39 is 11.7 Å². The third-order valence-corrected chi connectivity index (χ3v) is 16.2. The summed E-state index contributed by atoms with van der Waals surface area (Å²) in [7, 11) is 2.07. The van der Waals surface area contributed by atoms with Crippen LogP contribution in [0, 0.1) is 50.7 Å². The molecule has 0 unspecified atom stereocenters. The van der Waals surface area contributed by atoms with Crippen molar-refractivity contribution in [2.24, 2.45) is 57.8 Å². The predicted octanol–water partition coefficient (Wildman–Crippen LogP) is 8.68. The van der Waals surface area contributed by atoms with Gasteiger partial charge in [0.1, 0.15) is 13.6 Å². The molecule has 4 saturated carbocycles. The molecule has 5 fully saturated rings. The Kier molecular flexibility index (Phi) is 6.42. The van der Waals surface area contributed by atoms with E-state index in [1.807, 2.05) is 0 Å². The highest BCUT2D eigenvalue weighted by Gasteiger charge is 2.73. The first-order chi connectivity index (χ1) is 21.4. The van der Waals surface area contributed by atoms with Gasteiger partial charge < -0.3 is 4.74 Å². The van der Waals surface area contributed by atoms with Gasteiger partial charge in [-0.25, -0.2) is 0 Å². The normalized spacial score (nSPS) is 43.6. The molecule has 1 aromatic carbocycles. The number of benzene rings is 1. The lowest BCUT2D eigenvalue weighted by molar-refractivity contribution is -0.757. The molecule has 2 bridgehead atoms. The second-order valence-corrected chi connectivity index (χ2v) is 18.8. The maximum Gasteiger partial charge on any atom is 0.416 e. The Balaban J connectivity index is 1.14. The van der Waals surface area contributed by atoms with Crippen molar-refractivity contribution in [1.29, 1.82) is 0 Å². The third-order valence-electron chi connectivity index (χ3n) is 16.2. The van der Waals surface area contributed by atoms with Crippen LogP contribution in [0.15, 0.2) is 24.3 Å². The summed E-state index contributed by atoms with van der Waals surface area (Å²) in [6, 6.07) is 5.62. The maximum atomic E-state index is 13.2. The molecule has 9 atom stereocenters. The minimum absolute atomic E-state index is 0.0987. The van der Waals surface area contributed by atoms with Crippen LogP contribution in [0.4, 0.5) is 13.2 Å². The van der Waals surface area contributed by atoms with Crippen LogP contribution in [0.2, 0.25) is 0 Å². The zero-order valence-electron chi connectivity index (χ0n) is 29.4. The van der Waals surface area contributed by atoms with E-state index in [9.17, 15) is 13.2 Å². The van der Waals surface area contributed by atoms with Gasteiger partial charge in [0.15, 0.2) is 11.4 Å². The van der Waals surface area contributed by atoms with E-state index in [0.717, 1.165) is 24.5 Å². The SMILES string of the molecule is Cn1n[n+](Cc2ccc(C(F)(F)F)cc2)c2c1C[C@]1(C)[C@H]3CC[C@@H]4[C@H]5[C@H]6OC[C@@]5(CCC6(C)C)CC[C@@]4(C)[C@]3(C)CC[C@H]1C2(C)C. The second-order valence-electron chi connectivity index (χ2n) is 18.8. The fourth-order valence-corrected chi connectivity index (χ4v) is 13.8. The van der Waals surface area contributed by atoms with Gasteiger partial charge >= 0.3 is 6.18 Å². The van der Waals surface area contributed by atoms with Crippen molar-refractivity contribution in [3.8, 4) is 0 Å². The summed E-state index contributed by atoms with van der Waals surface area (Å²) in [5, 5.41) is 5.02. The molecule has 2 heterocycles. The Morgan fingerprint density at radius 1 is 0.870 bits per heavy atom. The molecule has 7 heteroatoms.